The zero-order chi connectivity index (χ0) is 17.4. The molecule has 2 rings (SSSR count). The first-order valence-corrected chi connectivity index (χ1v) is 7.75. The molecule has 0 radical (unpaired) electrons. The highest BCUT2D eigenvalue weighted by molar-refractivity contribution is 5.50. The Morgan fingerprint density at radius 1 is 0.870 bits per heavy atom. The first-order chi connectivity index (χ1) is 10.6. The van der Waals surface area contributed by atoms with Crippen molar-refractivity contribution < 1.29 is 17.6 Å². The van der Waals surface area contributed by atoms with Gasteiger partial charge in [-0.3, -0.25) is 0 Å². The lowest BCUT2D eigenvalue weighted by Crippen LogP contribution is -2.25. The van der Waals surface area contributed by atoms with Crippen molar-refractivity contribution >= 4 is 5.69 Å². The number of benzene rings is 1. The monoisotopic (exact) mass is 327 g/mol. The second-order valence-corrected chi connectivity index (χ2v) is 7.23. The van der Waals surface area contributed by atoms with Gasteiger partial charge in [0, 0.05) is 5.92 Å². The summed E-state index contributed by atoms with van der Waals surface area (Å²) in [6.45, 7) is 6.57. The summed E-state index contributed by atoms with van der Waals surface area (Å²) in [6.07, 6.45) is 3.60. The maximum Gasteiger partial charge on any atom is 0.186 e. The van der Waals surface area contributed by atoms with Gasteiger partial charge in [0.25, 0.3) is 0 Å². The molecule has 0 saturated heterocycles. The Morgan fingerprint density at radius 2 is 1.35 bits per heavy atom. The summed E-state index contributed by atoms with van der Waals surface area (Å²) < 4.78 is 54.2. The number of hydrogen-bond donors (Lipinski definition) is 1. The number of nitrogens with two attached hydrogens (primary N) is 1. The van der Waals surface area contributed by atoms with E-state index in [9.17, 15) is 17.6 Å². The zero-order valence-corrected chi connectivity index (χ0v) is 13.6. The predicted octanol–water partition coefficient (Wildman–Crippen LogP) is 5.03. The van der Waals surface area contributed by atoms with E-state index in [1.165, 1.54) is 0 Å². The standard InChI is InChI=1S/C18H21F4N/c1-18(2,3)11-7-4-10(5-8-11)6-9-12-13(19)15(21)17(23)16(22)14(12)20/h10-11H,4-5,7-8,23H2,1-3H3. The third kappa shape index (κ3) is 3.63. The Balaban J connectivity index is 2.19. The van der Waals surface area contributed by atoms with Crippen LogP contribution in [0.2, 0.25) is 0 Å². The van der Waals surface area contributed by atoms with Crippen LogP contribution in [0.4, 0.5) is 23.2 Å². The summed E-state index contributed by atoms with van der Waals surface area (Å²) in [5.74, 6) is -0.641. The second-order valence-electron chi connectivity index (χ2n) is 7.23. The van der Waals surface area contributed by atoms with Crippen LogP contribution < -0.4 is 5.73 Å². The molecule has 0 aliphatic heterocycles. The average Bonchev–Trinajstić information content (AvgIpc) is 2.50. The highest BCUT2D eigenvalue weighted by Crippen LogP contribution is 2.39. The number of hydrogen-bond acceptors (Lipinski definition) is 1. The Morgan fingerprint density at radius 3 is 1.78 bits per heavy atom. The molecule has 0 unspecified atom stereocenters. The van der Waals surface area contributed by atoms with Crippen molar-refractivity contribution in [1.29, 1.82) is 0 Å². The van der Waals surface area contributed by atoms with Gasteiger partial charge in [0.1, 0.15) is 11.3 Å². The molecule has 126 valence electrons. The number of nitrogen functional groups attached to an aromatic ring is 1. The average molecular weight is 327 g/mol. The fraction of sp³-hybridized carbons (Fsp3) is 0.556. The Kier molecular flexibility index (Phi) is 4.93. The summed E-state index contributed by atoms with van der Waals surface area (Å²) in [4.78, 5) is 0. The topological polar surface area (TPSA) is 26.0 Å². The first kappa shape index (κ1) is 17.7. The largest absolute Gasteiger partial charge is 0.394 e. The lowest BCUT2D eigenvalue weighted by molar-refractivity contribution is 0.165. The Labute approximate surface area is 134 Å². The van der Waals surface area contributed by atoms with E-state index in [1.54, 1.807) is 0 Å². The third-order valence-corrected chi connectivity index (χ3v) is 4.65. The van der Waals surface area contributed by atoms with Crippen molar-refractivity contribution in [3.05, 3.63) is 28.8 Å². The minimum absolute atomic E-state index is 0.0175. The van der Waals surface area contributed by atoms with Crippen LogP contribution in [0.5, 0.6) is 0 Å². The van der Waals surface area contributed by atoms with Gasteiger partial charge in [0.2, 0.25) is 0 Å². The summed E-state index contributed by atoms with van der Waals surface area (Å²) in [5, 5.41) is 0. The van der Waals surface area contributed by atoms with Gasteiger partial charge in [0.05, 0.1) is 0 Å². The van der Waals surface area contributed by atoms with Crippen LogP contribution in [0.25, 0.3) is 0 Å². The lowest BCUT2D eigenvalue weighted by Gasteiger charge is -2.35. The molecular formula is C18H21F4N. The molecule has 1 aliphatic rings. The van der Waals surface area contributed by atoms with E-state index in [-0.39, 0.29) is 11.3 Å². The van der Waals surface area contributed by atoms with Gasteiger partial charge in [-0.2, -0.15) is 0 Å². The fourth-order valence-electron chi connectivity index (χ4n) is 3.04. The molecule has 2 N–H and O–H groups in total. The van der Waals surface area contributed by atoms with Crippen molar-refractivity contribution in [3.8, 4) is 11.8 Å². The molecule has 1 saturated carbocycles. The molecule has 23 heavy (non-hydrogen) atoms. The summed E-state index contributed by atoms with van der Waals surface area (Å²) in [6, 6.07) is 0. The molecule has 1 fully saturated rings. The quantitative estimate of drug-likeness (QED) is 0.307. The first-order valence-electron chi connectivity index (χ1n) is 7.75. The van der Waals surface area contributed by atoms with E-state index in [0.29, 0.717) is 5.92 Å². The zero-order valence-electron chi connectivity index (χ0n) is 13.6. The molecule has 0 heterocycles. The second kappa shape index (κ2) is 6.43. The molecule has 0 atom stereocenters. The minimum Gasteiger partial charge on any atom is -0.394 e. The van der Waals surface area contributed by atoms with Crippen molar-refractivity contribution in [2.75, 3.05) is 5.73 Å². The molecule has 0 amide bonds. The number of anilines is 1. The van der Waals surface area contributed by atoms with E-state index in [4.69, 9.17) is 5.73 Å². The molecule has 0 aromatic heterocycles. The summed E-state index contributed by atoms with van der Waals surface area (Å²) >= 11 is 0. The third-order valence-electron chi connectivity index (χ3n) is 4.65. The minimum atomic E-state index is -1.59. The van der Waals surface area contributed by atoms with Crippen molar-refractivity contribution in [2.24, 2.45) is 17.3 Å². The molecule has 1 aliphatic carbocycles. The molecule has 1 nitrogen and oxygen atoms in total. The maximum absolute atomic E-state index is 13.7. The van der Waals surface area contributed by atoms with E-state index in [2.05, 4.69) is 32.6 Å². The highest BCUT2D eigenvalue weighted by Gasteiger charge is 2.29. The van der Waals surface area contributed by atoms with E-state index in [0.717, 1.165) is 25.7 Å². The molecule has 5 heteroatoms. The van der Waals surface area contributed by atoms with Gasteiger partial charge in [-0.1, -0.05) is 32.6 Å². The van der Waals surface area contributed by atoms with Gasteiger partial charge < -0.3 is 5.73 Å². The Bertz CT molecular complexity index is 627. The van der Waals surface area contributed by atoms with E-state index in [1.807, 2.05) is 0 Å². The van der Waals surface area contributed by atoms with Crippen LogP contribution in [0.3, 0.4) is 0 Å². The summed E-state index contributed by atoms with van der Waals surface area (Å²) in [7, 11) is 0. The van der Waals surface area contributed by atoms with Gasteiger partial charge in [-0.05, 0) is 37.0 Å². The predicted molar refractivity (Wildman–Crippen MR) is 82.5 cm³/mol. The SMILES string of the molecule is CC(C)(C)C1CCC(C#Cc2c(F)c(F)c(N)c(F)c2F)CC1. The van der Waals surface area contributed by atoms with Gasteiger partial charge in [-0.15, -0.1) is 0 Å². The van der Waals surface area contributed by atoms with Crippen LogP contribution in [0, 0.1) is 52.4 Å². The molecular weight excluding hydrogens is 306 g/mol. The van der Waals surface area contributed by atoms with Crippen LogP contribution in [0.15, 0.2) is 0 Å². The van der Waals surface area contributed by atoms with Crippen LogP contribution in [0.1, 0.15) is 52.0 Å². The smallest absolute Gasteiger partial charge is 0.186 e. The number of rotatable bonds is 0. The van der Waals surface area contributed by atoms with Gasteiger partial charge >= 0.3 is 0 Å². The van der Waals surface area contributed by atoms with Crippen LogP contribution >= 0.6 is 0 Å². The van der Waals surface area contributed by atoms with Crippen molar-refractivity contribution in [3.63, 3.8) is 0 Å². The maximum atomic E-state index is 13.7. The van der Waals surface area contributed by atoms with Crippen molar-refractivity contribution in [1.82, 2.24) is 0 Å². The van der Waals surface area contributed by atoms with Crippen LogP contribution in [-0.2, 0) is 0 Å². The summed E-state index contributed by atoms with van der Waals surface area (Å²) in [5.41, 5.74) is 3.15. The van der Waals surface area contributed by atoms with Crippen LogP contribution in [-0.4, -0.2) is 0 Å². The van der Waals surface area contributed by atoms with Gasteiger partial charge in [-0.25, -0.2) is 17.6 Å². The number of halogens is 4. The van der Waals surface area contributed by atoms with E-state index >= 15 is 0 Å². The van der Waals surface area contributed by atoms with Gasteiger partial charge in [0.15, 0.2) is 23.3 Å². The molecule has 0 spiro atoms. The normalized spacial score (nSPS) is 21.7. The lowest BCUT2D eigenvalue weighted by atomic mass is 9.70. The molecule has 1 aromatic rings. The van der Waals surface area contributed by atoms with E-state index < -0.39 is 34.5 Å². The highest BCUT2D eigenvalue weighted by atomic mass is 19.2. The van der Waals surface area contributed by atoms with Crippen molar-refractivity contribution in [2.45, 2.75) is 46.5 Å². The fourth-order valence-corrected chi connectivity index (χ4v) is 3.04. The Hall–Kier alpha value is -1.70. The molecule has 1 aromatic carbocycles. The molecule has 0 bridgehead atoms.